The molecule has 2 aromatic carbocycles. The number of ether oxygens (including phenoxy) is 2. The number of nitrogens with one attached hydrogen (secondary N) is 2. The van der Waals surface area contributed by atoms with Crippen LogP contribution in [0.25, 0.3) is 0 Å². The van der Waals surface area contributed by atoms with E-state index in [1.807, 2.05) is 62.4 Å². The Hall–Kier alpha value is -2.78. The Morgan fingerprint density at radius 1 is 0.667 bits per heavy atom. The Morgan fingerprint density at radius 3 is 1.33 bits per heavy atom. The quantitative estimate of drug-likeness (QED) is 0.546. The third kappa shape index (κ3) is 7.61. The highest BCUT2D eigenvalue weighted by atomic mass is 16.5. The first-order chi connectivity index (χ1) is 17.5. The summed E-state index contributed by atoms with van der Waals surface area (Å²) in [6, 6.07) is 15.6. The fourth-order valence-corrected chi connectivity index (χ4v) is 4.60. The van der Waals surface area contributed by atoms with Crippen molar-refractivity contribution in [2.75, 3.05) is 65.7 Å². The van der Waals surface area contributed by atoms with Crippen LogP contribution in [0.3, 0.4) is 0 Å². The molecule has 8 nitrogen and oxygen atoms in total. The van der Waals surface area contributed by atoms with Crippen molar-refractivity contribution in [3.8, 4) is 0 Å². The van der Waals surface area contributed by atoms with Crippen LogP contribution >= 0.6 is 0 Å². The zero-order chi connectivity index (χ0) is 25.3. The Morgan fingerprint density at radius 2 is 1.00 bits per heavy atom. The number of aryl methyl sites for hydroxylation is 2. The minimum atomic E-state index is -0.618. The highest BCUT2D eigenvalue weighted by Gasteiger charge is 2.26. The number of benzene rings is 2. The smallest absolute Gasteiger partial charge is 0.309 e. The average Bonchev–Trinajstić information content (AvgIpc) is 2.90. The molecule has 2 aliphatic heterocycles. The number of hydrogen-bond acceptors (Lipinski definition) is 6. The first-order valence-corrected chi connectivity index (χ1v) is 12.8. The van der Waals surface area contributed by atoms with E-state index in [4.69, 9.17) is 9.47 Å². The van der Waals surface area contributed by atoms with Crippen LogP contribution in [0.5, 0.6) is 0 Å². The monoisotopic (exact) mass is 494 g/mol. The molecule has 0 radical (unpaired) electrons. The van der Waals surface area contributed by atoms with Crippen LogP contribution in [0, 0.1) is 13.8 Å². The summed E-state index contributed by atoms with van der Waals surface area (Å²) in [5.41, 5.74) is 4.27. The van der Waals surface area contributed by atoms with E-state index in [9.17, 15) is 9.59 Å². The Bertz CT molecular complexity index is 902. The van der Waals surface area contributed by atoms with Crippen LogP contribution in [0.15, 0.2) is 48.5 Å². The van der Waals surface area contributed by atoms with Crippen molar-refractivity contribution in [3.63, 3.8) is 0 Å². The van der Waals surface area contributed by atoms with Gasteiger partial charge in [-0.3, -0.25) is 19.4 Å². The summed E-state index contributed by atoms with van der Waals surface area (Å²) in [4.78, 5) is 30.8. The molecule has 0 aliphatic carbocycles. The Balaban J connectivity index is 1.45. The second kappa shape index (κ2) is 13.0. The molecule has 36 heavy (non-hydrogen) atoms. The van der Waals surface area contributed by atoms with Crippen LogP contribution in [0.4, 0.5) is 0 Å². The van der Waals surface area contributed by atoms with E-state index in [1.54, 1.807) is 0 Å². The number of hydrogen-bond donors (Lipinski definition) is 2. The van der Waals surface area contributed by atoms with E-state index in [2.05, 4.69) is 20.4 Å². The predicted octanol–water partition coefficient (Wildman–Crippen LogP) is 1.98. The van der Waals surface area contributed by atoms with Gasteiger partial charge in [-0.1, -0.05) is 59.7 Å². The van der Waals surface area contributed by atoms with Gasteiger partial charge in [-0.15, -0.1) is 0 Å². The molecule has 0 saturated carbocycles. The van der Waals surface area contributed by atoms with Gasteiger partial charge in [0.05, 0.1) is 38.5 Å². The summed E-state index contributed by atoms with van der Waals surface area (Å²) in [6.07, 6.45) is 0. The molecular weight excluding hydrogens is 456 g/mol. The summed E-state index contributed by atoms with van der Waals surface area (Å²) in [6.45, 7) is 11.2. The first-order valence-electron chi connectivity index (χ1n) is 12.8. The van der Waals surface area contributed by atoms with Gasteiger partial charge >= 0.3 is 11.8 Å². The second-order valence-electron chi connectivity index (χ2n) is 9.70. The van der Waals surface area contributed by atoms with Gasteiger partial charge in [0.2, 0.25) is 0 Å². The fourth-order valence-electron chi connectivity index (χ4n) is 4.60. The minimum absolute atomic E-state index is 0.293. The lowest BCUT2D eigenvalue weighted by Gasteiger charge is -2.32. The molecule has 2 N–H and O–H groups in total. The van der Waals surface area contributed by atoms with Gasteiger partial charge in [0.1, 0.15) is 0 Å². The summed E-state index contributed by atoms with van der Waals surface area (Å²) in [5, 5.41) is 6.00. The van der Waals surface area contributed by atoms with Crippen molar-refractivity contribution < 1.29 is 19.1 Å². The molecule has 2 saturated heterocycles. The van der Waals surface area contributed by atoms with Crippen LogP contribution in [-0.4, -0.2) is 87.3 Å². The maximum atomic E-state index is 13.1. The Labute approximate surface area is 213 Å². The number of carbonyl (C=O) groups excluding carboxylic acids is 2. The van der Waals surface area contributed by atoms with E-state index in [0.29, 0.717) is 39.5 Å². The van der Waals surface area contributed by atoms with Crippen molar-refractivity contribution in [3.05, 3.63) is 70.8 Å². The molecule has 8 heteroatoms. The second-order valence-corrected chi connectivity index (χ2v) is 9.70. The van der Waals surface area contributed by atoms with E-state index in [1.165, 1.54) is 0 Å². The average molecular weight is 495 g/mol. The van der Waals surface area contributed by atoms with Gasteiger partial charge in [0, 0.05) is 39.3 Å². The van der Waals surface area contributed by atoms with Crippen LogP contribution in [0.2, 0.25) is 0 Å². The maximum Gasteiger partial charge on any atom is 0.309 e. The highest BCUT2D eigenvalue weighted by molar-refractivity contribution is 6.35. The lowest BCUT2D eigenvalue weighted by atomic mass is 10.0. The fraction of sp³-hybridized carbons (Fsp3) is 0.500. The first kappa shape index (κ1) is 26.3. The van der Waals surface area contributed by atoms with Crippen molar-refractivity contribution in [2.45, 2.75) is 25.9 Å². The van der Waals surface area contributed by atoms with E-state index < -0.39 is 11.8 Å². The standard InChI is InChI=1S/C28H38N4O4/c1-21-3-7-23(8-4-21)25(19-31-11-15-35-16-12-31)29-27(33)28(34)30-26(20-32-13-17-36-18-14-32)24-9-5-22(2)6-10-24/h3-10,25-26H,11-20H2,1-2H3,(H,29,33)(H,30,34). The van der Waals surface area contributed by atoms with Gasteiger partial charge in [-0.05, 0) is 25.0 Å². The molecule has 2 aromatic rings. The van der Waals surface area contributed by atoms with Gasteiger partial charge in [-0.2, -0.15) is 0 Å². The molecule has 0 spiro atoms. The lowest BCUT2D eigenvalue weighted by molar-refractivity contribution is -0.140. The van der Waals surface area contributed by atoms with Gasteiger partial charge in [-0.25, -0.2) is 0 Å². The number of rotatable bonds is 8. The van der Waals surface area contributed by atoms with Gasteiger partial charge in [0.25, 0.3) is 0 Å². The van der Waals surface area contributed by atoms with Crippen LogP contribution < -0.4 is 10.6 Å². The van der Waals surface area contributed by atoms with Crippen LogP contribution in [-0.2, 0) is 19.1 Å². The number of nitrogens with zero attached hydrogens (tertiary/aromatic N) is 2. The number of morpholine rings is 2. The van der Waals surface area contributed by atoms with Crippen LogP contribution in [0.1, 0.15) is 34.3 Å². The normalized spacial score (nSPS) is 18.8. The number of amides is 2. The molecule has 2 aliphatic rings. The zero-order valence-corrected chi connectivity index (χ0v) is 21.4. The summed E-state index contributed by atoms with van der Waals surface area (Å²) >= 11 is 0. The zero-order valence-electron chi connectivity index (χ0n) is 21.4. The molecule has 2 amide bonds. The molecule has 194 valence electrons. The highest BCUT2D eigenvalue weighted by Crippen LogP contribution is 2.18. The largest absolute Gasteiger partial charge is 0.379 e. The third-order valence-corrected chi connectivity index (χ3v) is 6.87. The molecular formula is C28H38N4O4. The number of carbonyl (C=O) groups is 2. The minimum Gasteiger partial charge on any atom is -0.379 e. The molecule has 0 aromatic heterocycles. The molecule has 0 bridgehead atoms. The summed E-state index contributed by atoms with van der Waals surface area (Å²) in [7, 11) is 0. The van der Waals surface area contributed by atoms with Gasteiger partial charge < -0.3 is 20.1 Å². The summed E-state index contributed by atoms with van der Waals surface area (Å²) < 4.78 is 10.9. The molecule has 2 fully saturated rings. The van der Waals surface area contributed by atoms with Crippen molar-refractivity contribution in [2.24, 2.45) is 0 Å². The SMILES string of the molecule is Cc1ccc(C(CN2CCOCC2)NC(=O)C(=O)NC(CN2CCOCC2)c2ccc(C)cc2)cc1. The maximum absolute atomic E-state index is 13.1. The topological polar surface area (TPSA) is 83.1 Å². The summed E-state index contributed by atoms with van der Waals surface area (Å²) in [5.74, 6) is -1.24. The van der Waals surface area contributed by atoms with Crippen molar-refractivity contribution >= 4 is 11.8 Å². The molecule has 2 atom stereocenters. The Kier molecular flexibility index (Phi) is 9.47. The van der Waals surface area contributed by atoms with Crippen molar-refractivity contribution in [1.29, 1.82) is 0 Å². The third-order valence-electron chi connectivity index (χ3n) is 6.87. The molecule has 2 heterocycles. The lowest BCUT2D eigenvalue weighted by Crippen LogP contribution is -2.49. The van der Waals surface area contributed by atoms with Crippen molar-refractivity contribution in [1.82, 2.24) is 20.4 Å². The van der Waals surface area contributed by atoms with Gasteiger partial charge in [0.15, 0.2) is 0 Å². The van der Waals surface area contributed by atoms with E-state index in [0.717, 1.165) is 48.4 Å². The molecule has 4 rings (SSSR count). The molecule has 2 unspecified atom stereocenters. The predicted molar refractivity (Wildman–Crippen MR) is 139 cm³/mol. The van der Waals surface area contributed by atoms with E-state index >= 15 is 0 Å². The van der Waals surface area contributed by atoms with E-state index in [-0.39, 0.29) is 12.1 Å².